The van der Waals surface area contributed by atoms with Crippen LogP contribution in [0.5, 0.6) is 0 Å². The van der Waals surface area contributed by atoms with Crippen LogP contribution in [0.3, 0.4) is 0 Å². The Balaban J connectivity index is 1.75. The number of hydrogen-bond donors (Lipinski definition) is 0. The topological polar surface area (TPSA) is 12.4 Å². The van der Waals surface area contributed by atoms with Gasteiger partial charge in [0.15, 0.2) is 0 Å². The quantitative estimate of drug-likeness (QED) is 0.678. The first-order chi connectivity index (χ1) is 11.8. The van der Waals surface area contributed by atoms with Crippen molar-refractivity contribution in [3.63, 3.8) is 0 Å². The Morgan fingerprint density at radius 2 is 1.71 bits per heavy atom. The third kappa shape index (κ3) is 1.71. The van der Waals surface area contributed by atoms with Crippen LogP contribution in [-0.4, -0.2) is 5.71 Å². The van der Waals surface area contributed by atoms with Gasteiger partial charge in [-0.05, 0) is 46.5 Å². The van der Waals surface area contributed by atoms with E-state index in [4.69, 9.17) is 4.99 Å². The van der Waals surface area contributed by atoms with E-state index in [2.05, 4.69) is 54.7 Å². The lowest BCUT2D eigenvalue weighted by atomic mass is 9.66. The third-order valence-electron chi connectivity index (χ3n) is 4.95. The molecule has 2 heteroatoms. The van der Waals surface area contributed by atoms with Crippen molar-refractivity contribution < 1.29 is 4.39 Å². The highest BCUT2D eigenvalue weighted by molar-refractivity contribution is 6.16. The highest BCUT2D eigenvalue weighted by Crippen LogP contribution is 2.51. The van der Waals surface area contributed by atoms with Crippen molar-refractivity contribution in [1.82, 2.24) is 0 Å². The Morgan fingerprint density at radius 1 is 0.875 bits per heavy atom. The van der Waals surface area contributed by atoms with E-state index in [0.29, 0.717) is 0 Å². The molecule has 24 heavy (non-hydrogen) atoms. The van der Waals surface area contributed by atoms with Crippen LogP contribution in [0.15, 0.2) is 95.6 Å². The molecule has 1 aliphatic heterocycles. The highest BCUT2D eigenvalue weighted by atomic mass is 19.1. The molecule has 5 rings (SSSR count). The highest BCUT2D eigenvalue weighted by Gasteiger charge is 2.45. The average Bonchev–Trinajstić information content (AvgIpc) is 2.94. The molecule has 0 saturated heterocycles. The van der Waals surface area contributed by atoms with Gasteiger partial charge in [0.05, 0.1) is 16.8 Å². The summed E-state index contributed by atoms with van der Waals surface area (Å²) in [5.74, 6) is -0.216. The lowest BCUT2D eigenvalue weighted by Gasteiger charge is -2.34. The largest absolute Gasteiger partial charge is 0.251 e. The van der Waals surface area contributed by atoms with Crippen LogP contribution in [0.1, 0.15) is 11.1 Å². The maximum absolute atomic E-state index is 13.3. The number of aliphatic imine (C=N–C) groups is 1. The van der Waals surface area contributed by atoms with Crippen molar-refractivity contribution in [2.75, 3.05) is 0 Å². The Morgan fingerprint density at radius 3 is 2.58 bits per heavy atom. The number of para-hydroxylation sites is 1. The molecule has 0 N–H and O–H groups in total. The summed E-state index contributed by atoms with van der Waals surface area (Å²) in [4.78, 5) is 4.84. The van der Waals surface area contributed by atoms with Gasteiger partial charge in [-0.2, -0.15) is 0 Å². The van der Waals surface area contributed by atoms with Gasteiger partial charge in [-0.15, -0.1) is 0 Å². The summed E-state index contributed by atoms with van der Waals surface area (Å²) < 4.78 is 13.3. The Hall–Kier alpha value is -3.00. The van der Waals surface area contributed by atoms with Crippen molar-refractivity contribution in [3.8, 4) is 0 Å². The normalized spacial score (nSPS) is 23.0. The first-order valence-corrected chi connectivity index (χ1v) is 8.02. The maximum Gasteiger partial charge on any atom is 0.123 e. The van der Waals surface area contributed by atoms with Crippen LogP contribution in [0.25, 0.3) is 5.57 Å². The van der Waals surface area contributed by atoms with Crippen LogP contribution in [-0.2, 0) is 5.41 Å². The van der Waals surface area contributed by atoms with Gasteiger partial charge in [0.2, 0.25) is 0 Å². The van der Waals surface area contributed by atoms with Crippen LogP contribution >= 0.6 is 0 Å². The molecule has 1 atom stereocenters. The minimum Gasteiger partial charge on any atom is -0.251 e. The summed E-state index contributed by atoms with van der Waals surface area (Å²) >= 11 is 0. The Labute approximate surface area is 139 Å². The number of fused-ring (bicyclic) bond motifs is 1. The second-order valence-electron chi connectivity index (χ2n) is 6.24. The molecule has 1 unspecified atom stereocenters. The van der Waals surface area contributed by atoms with E-state index in [1.54, 1.807) is 0 Å². The van der Waals surface area contributed by atoms with Gasteiger partial charge in [-0.25, -0.2) is 4.39 Å². The molecule has 2 aromatic rings. The van der Waals surface area contributed by atoms with E-state index in [-0.39, 0.29) is 11.2 Å². The maximum atomic E-state index is 13.3. The number of nitrogens with zero attached hydrogens (tertiary/aromatic N) is 1. The molecule has 2 aliphatic carbocycles. The lowest BCUT2D eigenvalue weighted by Crippen LogP contribution is -2.34. The van der Waals surface area contributed by atoms with Gasteiger partial charge in [0.25, 0.3) is 0 Å². The molecular weight excluding hydrogens is 297 g/mol. The predicted molar refractivity (Wildman–Crippen MR) is 96.0 cm³/mol. The van der Waals surface area contributed by atoms with E-state index in [1.165, 1.54) is 23.3 Å². The van der Waals surface area contributed by atoms with Crippen molar-refractivity contribution in [1.29, 1.82) is 0 Å². The zero-order valence-corrected chi connectivity index (χ0v) is 12.9. The number of benzene rings is 2. The summed E-state index contributed by atoms with van der Waals surface area (Å²) in [5, 5.41) is 0. The third-order valence-corrected chi connectivity index (χ3v) is 4.95. The van der Waals surface area contributed by atoms with Gasteiger partial charge < -0.3 is 0 Å². The SMILES string of the molecule is Fc1ccc(C2=CC34C(=CC=CC3=Nc3ccccc34)C=C2)cc1. The summed E-state index contributed by atoms with van der Waals surface area (Å²) in [5.41, 5.74) is 6.27. The van der Waals surface area contributed by atoms with Crippen molar-refractivity contribution in [2.45, 2.75) is 5.41 Å². The van der Waals surface area contributed by atoms with E-state index < -0.39 is 0 Å². The van der Waals surface area contributed by atoms with E-state index >= 15 is 0 Å². The molecule has 1 nitrogen and oxygen atoms in total. The fraction of sp³-hybridized carbons (Fsp3) is 0.0455. The van der Waals surface area contributed by atoms with Gasteiger partial charge in [0, 0.05) is 0 Å². The first kappa shape index (κ1) is 13.4. The molecule has 0 radical (unpaired) electrons. The molecule has 3 aliphatic rings. The van der Waals surface area contributed by atoms with Crippen molar-refractivity contribution >= 4 is 17.0 Å². The molecule has 1 spiro atoms. The van der Waals surface area contributed by atoms with Gasteiger partial charge in [-0.1, -0.05) is 60.7 Å². The van der Waals surface area contributed by atoms with E-state index in [9.17, 15) is 4.39 Å². The van der Waals surface area contributed by atoms with Crippen LogP contribution in [0.4, 0.5) is 10.1 Å². The zero-order chi connectivity index (χ0) is 16.1. The lowest BCUT2D eigenvalue weighted by molar-refractivity contribution is 0.627. The van der Waals surface area contributed by atoms with Gasteiger partial charge >= 0.3 is 0 Å². The molecule has 2 aromatic carbocycles. The Kier molecular flexibility index (Phi) is 2.66. The molecule has 114 valence electrons. The Bertz CT molecular complexity index is 1000. The minimum atomic E-state index is -0.330. The molecule has 0 saturated carbocycles. The second-order valence-corrected chi connectivity index (χ2v) is 6.24. The van der Waals surface area contributed by atoms with E-state index in [0.717, 1.165) is 22.5 Å². The first-order valence-electron chi connectivity index (χ1n) is 8.02. The summed E-state index contributed by atoms with van der Waals surface area (Å²) in [6.45, 7) is 0. The van der Waals surface area contributed by atoms with Gasteiger partial charge in [0.1, 0.15) is 5.82 Å². The van der Waals surface area contributed by atoms with Crippen molar-refractivity contribution in [3.05, 3.63) is 108 Å². The monoisotopic (exact) mass is 311 g/mol. The second kappa shape index (κ2) is 4.75. The van der Waals surface area contributed by atoms with Crippen molar-refractivity contribution in [2.24, 2.45) is 4.99 Å². The molecule has 0 aromatic heterocycles. The minimum absolute atomic E-state index is 0.216. The molecular formula is C22H14FN. The number of rotatable bonds is 1. The molecule has 0 amide bonds. The summed E-state index contributed by atoms with van der Waals surface area (Å²) in [7, 11) is 0. The summed E-state index contributed by atoms with van der Waals surface area (Å²) in [6, 6.07) is 15.0. The standard InChI is InChI=1S/C22H14FN/c23-18-12-9-15(10-13-18)16-8-11-17-4-3-7-21-22(17,14-16)19-5-1-2-6-20(19)24-21/h1-14H. The summed E-state index contributed by atoms with van der Waals surface area (Å²) in [6.07, 6.45) is 12.8. The van der Waals surface area contributed by atoms with Gasteiger partial charge in [-0.3, -0.25) is 4.99 Å². The molecule has 0 fully saturated rings. The van der Waals surface area contributed by atoms with Crippen LogP contribution in [0, 0.1) is 5.82 Å². The van der Waals surface area contributed by atoms with Crippen LogP contribution < -0.4 is 0 Å². The zero-order valence-electron chi connectivity index (χ0n) is 12.9. The smallest absolute Gasteiger partial charge is 0.123 e. The number of halogens is 1. The number of hydrogen-bond acceptors (Lipinski definition) is 1. The number of allylic oxidation sites excluding steroid dienone is 8. The van der Waals surface area contributed by atoms with Crippen LogP contribution in [0.2, 0.25) is 0 Å². The molecule has 1 heterocycles. The fourth-order valence-electron chi connectivity index (χ4n) is 3.81. The fourth-order valence-corrected chi connectivity index (χ4v) is 3.81. The predicted octanol–water partition coefficient (Wildman–Crippen LogP) is 5.30. The average molecular weight is 311 g/mol. The van der Waals surface area contributed by atoms with E-state index in [1.807, 2.05) is 18.2 Å². The molecule has 0 bridgehead atoms.